The van der Waals surface area contributed by atoms with Crippen molar-refractivity contribution in [2.24, 2.45) is 0 Å². The number of carbonyl (C=O) groups excluding carboxylic acids is 1. The number of aliphatic hydroxyl groups excluding tert-OH is 1. The lowest BCUT2D eigenvalue weighted by Gasteiger charge is -2.25. The first kappa shape index (κ1) is 21.0. The van der Waals surface area contributed by atoms with Gasteiger partial charge in [0.1, 0.15) is 0 Å². The van der Waals surface area contributed by atoms with Gasteiger partial charge in [-0.2, -0.15) is 0 Å². The van der Waals surface area contributed by atoms with E-state index in [0.29, 0.717) is 11.7 Å². The number of aliphatic hydroxyl groups is 1. The molecule has 2 N–H and O–H groups in total. The van der Waals surface area contributed by atoms with Crippen LogP contribution in [0.4, 0.5) is 9.93 Å². The van der Waals surface area contributed by atoms with Crippen molar-refractivity contribution in [3.05, 3.63) is 96.1 Å². The predicted molar refractivity (Wildman–Crippen MR) is 127 cm³/mol. The molecule has 0 spiro atoms. The van der Waals surface area contributed by atoms with Crippen LogP contribution in [0, 0.1) is 0 Å². The lowest BCUT2D eigenvalue weighted by Crippen LogP contribution is -2.38. The minimum absolute atomic E-state index is 0.0887. The van der Waals surface area contributed by atoms with Gasteiger partial charge < -0.3 is 10.0 Å². The molecule has 0 fully saturated rings. The average molecular weight is 432 g/mol. The highest BCUT2D eigenvalue weighted by atomic mass is 32.1. The largest absolute Gasteiger partial charge is 0.395 e. The Hall–Kier alpha value is -3.22. The maximum Gasteiger partial charge on any atom is 0.323 e. The first-order valence-electron chi connectivity index (χ1n) is 10.4. The number of rotatable bonds is 8. The van der Waals surface area contributed by atoms with Crippen molar-refractivity contribution in [2.45, 2.75) is 12.3 Å². The predicted octanol–water partition coefficient (Wildman–Crippen LogP) is 5.34. The Balaban J connectivity index is 1.48. The Morgan fingerprint density at radius 2 is 1.52 bits per heavy atom. The number of anilines is 1. The molecule has 0 unspecified atom stereocenters. The molecule has 5 nitrogen and oxygen atoms in total. The fourth-order valence-electron chi connectivity index (χ4n) is 3.71. The molecule has 31 heavy (non-hydrogen) atoms. The third-order valence-electron chi connectivity index (χ3n) is 5.26. The number of carbonyl (C=O) groups is 1. The zero-order valence-electron chi connectivity index (χ0n) is 17.1. The summed E-state index contributed by atoms with van der Waals surface area (Å²) in [7, 11) is 0. The standard InChI is InChI=1S/C25H25N3O2S/c29-18-17-28(25(30)27-24-26-22-13-7-8-14-23(22)31-24)16-15-21(19-9-3-1-4-10-19)20-11-5-2-6-12-20/h1-14,21,29H,15-18H2,(H,26,27,30). The summed E-state index contributed by atoms with van der Waals surface area (Å²) in [6.45, 7) is 0.702. The van der Waals surface area contributed by atoms with Crippen LogP contribution in [-0.2, 0) is 0 Å². The molecule has 1 heterocycles. The van der Waals surface area contributed by atoms with Crippen LogP contribution >= 0.6 is 11.3 Å². The Kier molecular flexibility index (Phi) is 6.92. The molecule has 2 amide bonds. The molecule has 0 atom stereocenters. The zero-order chi connectivity index (χ0) is 21.5. The SMILES string of the molecule is O=C(Nc1nc2ccccc2s1)N(CCO)CCC(c1ccccc1)c1ccccc1. The highest BCUT2D eigenvalue weighted by molar-refractivity contribution is 7.22. The van der Waals surface area contributed by atoms with E-state index in [9.17, 15) is 9.90 Å². The number of hydrogen-bond donors (Lipinski definition) is 2. The van der Waals surface area contributed by atoms with Gasteiger partial charge in [-0.15, -0.1) is 0 Å². The highest BCUT2D eigenvalue weighted by Crippen LogP contribution is 2.29. The third-order valence-corrected chi connectivity index (χ3v) is 6.21. The third kappa shape index (κ3) is 5.29. The lowest BCUT2D eigenvalue weighted by atomic mass is 9.88. The molecule has 158 valence electrons. The summed E-state index contributed by atoms with van der Waals surface area (Å²) in [4.78, 5) is 19.1. The van der Waals surface area contributed by atoms with Crippen LogP contribution in [0.3, 0.4) is 0 Å². The summed E-state index contributed by atoms with van der Waals surface area (Å²) in [6.07, 6.45) is 0.751. The minimum atomic E-state index is -0.243. The van der Waals surface area contributed by atoms with Crippen molar-refractivity contribution >= 4 is 32.7 Å². The van der Waals surface area contributed by atoms with Gasteiger partial charge in [0.2, 0.25) is 0 Å². The molecule has 1 aromatic heterocycles. The van der Waals surface area contributed by atoms with Crippen molar-refractivity contribution in [3.63, 3.8) is 0 Å². The number of nitrogens with zero attached hydrogens (tertiary/aromatic N) is 2. The number of fused-ring (bicyclic) bond motifs is 1. The van der Waals surface area contributed by atoms with Crippen LogP contribution in [0.1, 0.15) is 23.5 Å². The molecule has 0 radical (unpaired) electrons. The first-order chi connectivity index (χ1) is 15.2. The molecule has 6 heteroatoms. The maximum absolute atomic E-state index is 12.9. The number of para-hydroxylation sites is 1. The second-order valence-corrected chi connectivity index (χ2v) is 8.32. The van der Waals surface area contributed by atoms with E-state index < -0.39 is 0 Å². The number of benzene rings is 3. The summed E-state index contributed by atoms with van der Waals surface area (Å²) >= 11 is 1.45. The van der Waals surface area contributed by atoms with Crippen LogP contribution < -0.4 is 5.32 Å². The molecule has 0 aliphatic carbocycles. The summed E-state index contributed by atoms with van der Waals surface area (Å²) in [5.41, 5.74) is 3.29. The van der Waals surface area contributed by atoms with Crippen molar-refractivity contribution in [3.8, 4) is 0 Å². The zero-order valence-corrected chi connectivity index (χ0v) is 18.0. The van der Waals surface area contributed by atoms with Gasteiger partial charge in [0, 0.05) is 19.0 Å². The number of aromatic nitrogens is 1. The first-order valence-corrected chi connectivity index (χ1v) is 11.2. The molecule has 0 bridgehead atoms. The summed E-state index contributed by atoms with van der Waals surface area (Å²) in [5, 5.41) is 13.0. The van der Waals surface area contributed by atoms with Gasteiger partial charge in [-0.1, -0.05) is 84.1 Å². The van der Waals surface area contributed by atoms with Crippen LogP contribution in [0.2, 0.25) is 0 Å². The molecule has 0 aliphatic rings. The Labute approximate surface area is 186 Å². The number of nitrogens with one attached hydrogen (secondary N) is 1. The molecule has 0 saturated heterocycles. The number of thiazole rings is 1. The van der Waals surface area contributed by atoms with E-state index in [4.69, 9.17) is 0 Å². The Morgan fingerprint density at radius 1 is 0.903 bits per heavy atom. The maximum atomic E-state index is 12.9. The van der Waals surface area contributed by atoms with Crippen molar-refractivity contribution in [1.82, 2.24) is 9.88 Å². The number of urea groups is 1. The molecule has 0 saturated carbocycles. The van der Waals surface area contributed by atoms with Crippen LogP contribution in [0.15, 0.2) is 84.9 Å². The molecule has 3 aromatic carbocycles. The number of amides is 2. The van der Waals surface area contributed by atoms with Gasteiger partial charge in [0.05, 0.1) is 16.8 Å². The van der Waals surface area contributed by atoms with Gasteiger partial charge in [-0.25, -0.2) is 9.78 Å². The fraction of sp³-hybridized carbons (Fsp3) is 0.200. The average Bonchev–Trinajstić information content (AvgIpc) is 3.22. The van der Waals surface area contributed by atoms with Crippen LogP contribution in [-0.4, -0.2) is 40.7 Å². The van der Waals surface area contributed by atoms with E-state index in [1.165, 1.54) is 22.5 Å². The molecular weight excluding hydrogens is 406 g/mol. The monoisotopic (exact) mass is 431 g/mol. The molecule has 0 aliphatic heterocycles. The highest BCUT2D eigenvalue weighted by Gasteiger charge is 2.19. The van der Waals surface area contributed by atoms with Gasteiger partial charge >= 0.3 is 6.03 Å². The number of hydrogen-bond acceptors (Lipinski definition) is 4. The van der Waals surface area contributed by atoms with E-state index in [1.807, 2.05) is 60.7 Å². The summed E-state index contributed by atoms with van der Waals surface area (Å²) in [6, 6.07) is 28.2. The van der Waals surface area contributed by atoms with E-state index in [2.05, 4.69) is 34.6 Å². The van der Waals surface area contributed by atoms with E-state index in [0.717, 1.165) is 16.6 Å². The topological polar surface area (TPSA) is 65.5 Å². The van der Waals surface area contributed by atoms with Gasteiger partial charge in [-0.05, 0) is 29.7 Å². The van der Waals surface area contributed by atoms with Gasteiger partial charge in [0.25, 0.3) is 0 Å². The molecular formula is C25H25N3O2S. The second kappa shape index (κ2) is 10.2. The summed E-state index contributed by atoms with van der Waals surface area (Å²) < 4.78 is 1.03. The quantitative estimate of drug-likeness (QED) is 0.395. The smallest absolute Gasteiger partial charge is 0.323 e. The lowest BCUT2D eigenvalue weighted by molar-refractivity contribution is 0.187. The van der Waals surface area contributed by atoms with Crippen molar-refractivity contribution in [2.75, 3.05) is 25.0 Å². The minimum Gasteiger partial charge on any atom is -0.395 e. The van der Waals surface area contributed by atoms with Gasteiger partial charge in [0.15, 0.2) is 5.13 Å². The second-order valence-electron chi connectivity index (χ2n) is 7.29. The van der Waals surface area contributed by atoms with E-state index in [-0.39, 0.29) is 25.1 Å². The normalized spacial score (nSPS) is 11.0. The summed E-state index contributed by atoms with van der Waals surface area (Å²) in [5.74, 6) is 0.166. The fourth-order valence-corrected chi connectivity index (χ4v) is 4.57. The molecule has 4 rings (SSSR count). The van der Waals surface area contributed by atoms with Crippen molar-refractivity contribution in [1.29, 1.82) is 0 Å². The van der Waals surface area contributed by atoms with Crippen LogP contribution in [0.25, 0.3) is 10.2 Å². The van der Waals surface area contributed by atoms with Crippen LogP contribution in [0.5, 0.6) is 0 Å². The Bertz CT molecular complexity index is 1040. The van der Waals surface area contributed by atoms with Gasteiger partial charge in [-0.3, -0.25) is 5.32 Å². The van der Waals surface area contributed by atoms with E-state index in [1.54, 1.807) is 4.90 Å². The molecule has 4 aromatic rings. The Morgan fingerprint density at radius 3 is 2.13 bits per heavy atom. The van der Waals surface area contributed by atoms with Crippen molar-refractivity contribution < 1.29 is 9.90 Å². The van der Waals surface area contributed by atoms with E-state index >= 15 is 0 Å².